The molecule has 0 atom stereocenters. The van der Waals surface area contributed by atoms with Crippen LogP contribution in [0.4, 0.5) is 0 Å². The number of hydrogen-bond donors (Lipinski definition) is 1. The number of hydrogen-bond acceptors (Lipinski definition) is 4. The molecular formula is C16H23N3S. The SMILES string of the molecule is Cc1cc(C)c(-c2nnsc2CNCC(C)C)c(C)c1. The van der Waals surface area contributed by atoms with E-state index in [1.807, 2.05) is 0 Å². The average molecular weight is 289 g/mol. The molecule has 4 heteroatoms. The van der Waals surface area contributed by atoms with E-state index in [-0.39, 0.29) is 0 Å². The van der Waals surface area contributed by atoms with E-state index >= 15 is 0 Å². The normalized spacial score (nSPS) is 11.3. The van der Waals surface area contributed by atoms with Crippen LogP contribution in [0.1, 0.15) is 35.4 Å². The lowest BCUT2D eigenvalue weighted by molar-refractivity contribution is 0.555. The van der Waals surface area contributed by atoms with E-state index in [1.54, 1.807) is 0 Å². The molecule has 0 bridgehead atoms. The lowest BCUT2D eigenvalue weighted by Gasteiger charge is -2.11. The summed E-state index contributed by atoms with van der Waals surface area (Å²) in [5, 5.41) is 7.84. The van der Waals surface area contributed by atoms with Crippen LogP contribution in [0, 0.1) is 26.7 Å². The van der Waals surface area contributed by atoms with Crippen molar-refractivity contribution in [2.24, 2.45) is 5.92 Å². The Kier molecular flexibility index (Phi) is 4.89. The van der Waals surface area contributed by atoms with Gasteiger partial charge in [0.15, 0.2) is 0 Å². The Balaban J connectivity index is 2.28. The van der Waals surface area contributed by atoms with Crippen LogP contribution < -0.4 is 5.32 Å². The van der Waals surface area contributed by atoms with Crippen LogP contribution in [0.25, 0.3) is 11.3 Å². The molecule has 0 aliphatic carbocycles. The quantitative estimate of drug-likeness (QED) is 0.908. The van der Waals surface area contributed by atoms with Gasteiger partial charge in [-0.05, 0) is 55.9 Å². The third kappa shape index (κ3) is 3.44. The maximum absolute atomic E-state index is 4.36. The number of rotatable bonds is 5. The highest BCUT2D eigenvalue weighted by Crippen LogP contribution is 2.30. The smallest absolute Gasteiger partial charge is 0.110 e. The lowest BCUT2D eigenvalue weighted by atomic mass is 9.97. The fraction of sp³-hybridized carbons (Fsp3) is 0.500. The standard InChI is InChI=1S/C16H23N3S/c1-10(2)8-17-9-14-16(18-19-20-14)15-12(4)6-11(3)7-13(15)5/h6-7,10,17H,8-9H2,1-5H3. The molecule has 0 saturated carbocycles. The van der Waals surface area contributed by atoms with E-state index < -0.39 is 0 Å². The summed E-state index contributed by atoms with van der Waals surface area (Å²) < 4.78 is 4.15. The number of aromatic nitrogens is 2. The summed E-state index contributed by atoms with van der Waals surface area (Å²) in [6.07, 6.45) is 0. The molecule has 0 radical (unpaired) electrons. The maximum atomic E-state index is 4.36. The summed E-state index contributed by atoms with van der Waals surface area (Å²) in [4.78, 5) is 1.22. The van der Waals surface area contributed by atoms with Gasteiger partial charge in [-0.3, -0.25) is 0 Å². The first-order chi connectivity index (χ1) is 9.49. The van der Waals surface area contributed by atoms with E-state index in [9.17, 15) is 0 Å². The van der Waals surface area contributed by atoms with E-state index in [0.717, 1.165) is 18.8 Å². The summed E-state index contributed by atoms with van der Waals surface area (Å²) in [7, 11) is 0. The van der Waals surface area contributed by atoms with Crippen LogP contribution in [0.2, 0.25) is 0 Å². The predicted molar refractivity (Wildman–Crippen MR) is 86.1 cm³/mol. The summed E-state index contributed by atoms with van der Waals surface area (Å²) in [5.74, 6) is 0.655. The van der Waals surface area contributed by atoms with Crippen LogP contribution in [0.15, 0.2) is 12.1 Å². The Morgan fingerprint density at radius 3 is 2.40 bits per heavy atom. The largest absolute Gasteiger partial charge is 0.311 e. The molecule has 3 nitrogen and oxygen atoms in total. The molecule has 2 rings (SSSR count). The summed E-state index contributed by atoms with van der Waals surface area (Å²) in [5.41, 5.74) is 6.14. The number of nitrogens with one attached hydrogen (secondary N) is 1. The zero-order chi connectivity index (χ0) is 14.7. The van der Waals surface area contributed by atoms with Gasteiger partial charge < -0.3 is 5.32 Å². The average Bonchev–Trinajstić information content (AvgIpc) is 2.75. The first kappa shape index (κ1) is 15.1. The van der Waals surface area contributed by atoms with Crippen molar-refractivity contribution in [2.75, 3.05) is 6.54 Å². The molecule has 0 aliphatic heterocycles. The number of benzene rings is 1. The highest BCUT2D eigenvalue weighted by atomic mass is 32.1. The molecule has 1 N–H and O–H groups in total. The fourth-order valence-electron chi connectivity index (χ4n) is 2.54. The molecule has 20 heavy (non-hydrogen) atoms. The molecule has 0 spiro atoms. The van der Waals surface area contributed by atoms with Crippen LogP contribution >= 0.6 is 11.5 Å². The molecule has 0 amide bonds. The summed E-state index contributed by atoms with van der Waals surface area (Å²) in [6, 6.07) is 4.43. The zero-order valence-corrected chi connectivity index (χ0v) is 13.8. The van der Waals surface area contributed by atoms with Crippen molar-refractivity contribution in [3.05, 3.63) is 33.7 Å². The Labute approximate surface area is 125 Å². The number of aryl methyl sites for hydroxylation is 3. The van der Waals surface area contributed by atoms with Gasteiger partial charge in [0, 0.05) is 12.1 Å². The van der Waals surface area contributed by atoms with Crippen molar-refractivity contribution in [3.8, 4) is 11.3 Å². The van der Waals surface area contributed by atoms with Crippen molar-refractivity contribution >= 4 is 11.5 Å². The molecule has 0 saturated heterocycles. The summed E-state index contributed by atoms with van der Waals surface area (Å²) >= 11 is 1.49. The minimum Gasteiger partial charge on any atom is -0.311 e. The Hall–Kier alpha value is -1.26. The highest BCUT2D eigenvalue weighted by molar-refractivity contribution is 7.05. The van der Waals surface area contributed by atoms with Gasteiger partial charge in [0.05, 0.1) is 4.88 Å². The predicted octanol–water partition coefficient (Wildman–Crippen LogP) is 3.88. The molecule has 108 valence electrons. The van der Waals surface area contributed by atoms with E-state index in [0.29, 0.717) is 5.92 Å². The minimum absolute atomic E-state index is 0.655. The molecule has 0 aliphatic rings. The van der Waals surface area contributed by atoms with E-state index in [2.05, 4.69) is 61.7 Å². The topological polar surface area (TPSA) is 37.8 Å². The first-order valence-corrected chi connectivity index (χ1v) is 7.86. The van der Waals surface area contributed by atoms with Crippen LogP contribution in [0.5, 0.6) is 0 Å². The van der Waals surface area contributed by atoms with Crippen molar-refractivity contribution < 1.29 is 0 Å². The Morgan fingerprint density at radius 2 is 1.80 bits per heavy atom. The maximum Gasteiger partial charge on any atom is 0.110 e. The second-order valence-electron chi connectivity index (χ2n) is 5.84. The monoisotopic (exact) mass is 289 g/mol. The first-order valence-electron chi connectivity index (χ1n) is 7.09. The van der Waals surface area contributed by atoms with Crippen molar-refractivity contribution in [1.29, 1.82) is 0 Å². The molecule has 0 unspecified atom stereocenters. The van der Waals surface area contributed by atoms with Gasteiger partial charge in [0.2, 0.25) is 0 Å². The lowest BCUT2D eigenvalue weighted by Crippen LogP contribution is -2.18. The van der Waals surface area contributed by atoms with Gasteiger partial charge >= 0.3 is 0 Å². The summed E-state index contributed by atoms with van der Waals surface area (Å²) in [6.45, 7) is 12.7. The fourth-order valence-corrected chi connectivity index (χ4v) is 3.16. The van der Waals surface area contributed by atoms with Crippen molar-refractivity contribution in [3.63, 3.8) is 0 Å². The van der Waals surface area contributed by atoms with Gasteiger partial charge in [-0.15, -0.1) is 5.10 Å². The van der Waals surface area contributed by atoms with Crippen LogP contribution in [-0.2, 0) is 6.54 Å². The highest BCUT2D eigenvalue weighted by Gasteiger charge is 2.15. The second-order valence-corrected chi connectivity index (χ2v) is 6.68. The number of nitrogens with zero attached hydrogens (tertiary/aromatic N) is 2. The molecule has 1 aromatic heterocycles. The zero-order valence-electron chi connectivity index (χ0n) is 12.9. The molecule has 0 fully saturated rings. The van der Waals surface area contributed by atoms with Gasteiger partial charge in [-0.1, -0.05) is 36.0 Å². The molecule has 1 aromatic carbocycles. The van der Waals surface area contributed by atoms with Crippen molar-refractivity contribution in [1.82, 2.24) is 14.9 Å². The molecular weight excluding hydrogens is 266 g/mol. The molecule has 1 heterocycles. The van der Waals surface area contributed by atoms with Crippen LogP contribution in [0.3, 0.4) is 0 Å². The van der Waals surface area contributed by atoms with E-state index in [1.165, 1.54) is 38.7 Å². The Bertz CT molecular complexity index is 564. The Morgan fingerprint density at radius 1 is 1.15 bits per heavy atom. The van der Waals surface area contributed by atoms with Gasteiger partial charge in [0.1, 0.15) is 5.69 Å². The van der Waals surface area contributed by atoms with Gasteiger partial charge in [0.25, 0.3) is 0 Å². The van der Waals surface area contributed by atoms with Gasteiger partial charge in [-0.25, -0.2) is 0 Å². The van der Waals surface area contributed by atoms with Crippen molar-refractivity contribution in [2.45, 2.75) is 41.2 Å². The third-order valence-corrected chi connectivity index (χ3v) is 4.03. The minimum atomic E-state index is 0.655. The van der Waals surface area contributed by atoms with Gasteiger partial charge in [-0.2, -0.15) is 0 Å². The molecule has 2 aromatic rings. The van der Waals surface area contributed by atoms with E-state index in [4.69, 9.17) is 0 Å². The van der Waals surface area contributed by atoms with Crippen LogP contribution in [-0.4, -0.2) is 16.1 Å². The second kappa shape index (κ2) is 6.46. The third-order valence-electron chi connectivity index (χ3n) is 3.31.